The normalized spacial score (nSPS) is 17.8. The number of aromatic nitrogens is 2. The molecule has 0 radical (unpaired) electrons. The van der Waals surface area contributed by atoms with Gasteiger partial charge in [0.05, 0.1) is 23.2 Å². The molecule has 2 aromatic heterocycles. The minimum absolute atomic E-state index is 0.0210. The highest BCUT2D eigenvalue weighted by atomic mass is 32.1. The summed E-state index contributed by atoms with van der Waals surface area (Å²) in [5.41, 5.74) is 1.29. The lowest BCUT2D eigenvalue weighted by Gasteiger charge is -2.32. The second kappa shape index (κ2) is 8.96. The van der Waals surface area contributed by atoms with Crippen LogP contribution < -0.4 is 15.2 Å². The number of aryl methyl sites for hydroxylation is 2. The fourth-order valence-corrected chi connectivity index (χ4v) is 6.90. The molecule has 2 amide bonds. The summed E-state index contributed by atoms with van der Waals surface area (Å²) in [7, 11) is 0. The number of fused-ring (bicyclic) bond motifs is 5. The van der Waals surface area contributed by atoms with Crippen molar-refractivity contribution in [2.24, 2.45) is 0 Å². The van der Waals surface area contributed by atoms with Gasteiger partial charge in [0.15, 0.2) is 11.0 Å². The van der Waals surface area contributed by atoms with Gasteiger partial charge in [-0.2, -0.15) is 0 Å². The van der Waals surface area contributed by atoms with Crippen molar-refractivity contribution in [1.82, 2.24) is 10.2 Å². The van der Waals surface area contributed by atoms with E-state index >= 15 is 0 Å². The lowest BCUT2D eigenvalue weighted by atomic mass is 9.84. The summed E-state index contributed by atoms with van der Waals surface area (Å²) < 4.78 is 6.12. The second-order valence-electron chi connectivity index (χ2n) is 10.1. The van der Waals surface area contributed by atoms with Gasteiger partial charge in [-0.1, -0.05) is 78.4 Å². The Morgan fingerprint density at radius 3 is 2.58 bits per heavy atom. The molecule has 4 heterocycles. The number of rotatable bonds is 5. The van der Waals surface area contributed by atoms with Gasteiger partial charge in [0.2, 0.25) is 10.9 Å². The highest BCUT2D eigenvalue weighted by Crippen LogP contribution is 2.54. The van der Waals surface area contributed by atoms with Gasteiger partial charge < -0.3 is 9.32 Å². The number of amides is 2. The molecule has 1 spiro atoms. The Bertz CT molecular complexity index is 1910. The van der Waals surface area contributed by atoms with Gasteiger partial charge >= 0.3 is 0 Å². The first kappa shape index (κ1) is 24.4. The summed E-state index contributed by atoms with van der Waals surface area (Å²) in [4.78, 5) is 46.4. The molecule has 198 valence electrons. The first-order chi connectivity index (χ1) is 19.4. The van der Waals surface area contributed by atoms with E-state index in [1.807, 2.05) is 62.4 Å². The molecule has 3 aromatic carbocycles. The van der Waals surface area contributed by atoms with Crippen LogP contribution in [0.5, 0.6) is 0 Å². The number of para-hydroxylation sites is 2. The zero-order chi connectivity index (χ0) is 27.6. The molecule has 9 heteroatoms. The quantitative estimate of drug-likeness (QED) is 0.294. The predicted octanol–water partition coefficient (Wildman–Crippen LogP) is 5.36. The van der Waals surface area contributed by atoms with Gasteiger partial charge in [-0.25, -0.2) is 0 Å². The molecule has 0 aliphatic carbocycles. The molecular formula is C31H24N4O4S. The highest BCUT2D eigenvalue weighted by Gasteiger charge is 2.66. The molecule has 0 saturated heterocycles. The van der Waals surface area contributed by atoms with Crippen LogP contribution in [0.2, 0.25) is 0 Å². The van der Waals surface area contributed by atoms with Gasteiger partial charge in [0.25, 0.3) is 11.8 Å². The van der Waals surface area contributed by atoms with Crippen LogP contribution in [-0.2, 0) is 23.3 Å². The Morgan fingerprint density at radius 2 is 1.75 bits per heavy atom. The lowest BCUT2D eigenvalue weighted by molar-refractivity contribution is -0.121. The number of nitrogens with zero attached hydrogens (tertiary/aromatic N) is 4. The summed E-state index contributed by atoms with van der Waals surface area (Å²) in [6, 6.07) is 22.0. The lowest BCUT2D eigenvalue weighted by Crippen LogP contribution is -2.53. The molecule has 0 fully saturated rings. The summed E-state index contributed by atoms with van der Waals surface area (Å²) in [6.07, 6.45) is 1.54. The number of carbonyl (C=O) groups excluding carboxylic acids is 2. The number of anilines is 2. The third-order valence-electron chi connectivity index (χ3n) is 7.57. The van der Waals surface area contributed by atoms with Crippen molar-refractivity contribution in [2.45, 2.75) is 38.8 Å². The first-order valence-electron chi connectivity index (χ1n) is 13.2. The smallest absolute Gasteiger partial charge is 0.297 e. The van der Waals surface area contributed by atoms with Crippen molar-refractivity contribution in [1.29, 1.82) is 0 Å². The van der Waals surface area contributed by atoms with Crippen molar-refractivity contribution in [3.63, 3.8) is 0 Å². The van der Waals surface area contributed by atoms with Gasteiger partial charge in [-0.05, 0) is 37.1 Å². The molecule has 1 unspecified atom stereocenters. The summed E-state index contributed by atoms with van der Waals surface area (Å²) in [5, 5.41) is 9.96. The van der Waals surface area contributed by atoms with Crippen LogP contribution in [0.4, 0.5) is 10.8 Å². The minimum Gasteiger partial charge on any atom is -0.450 e. The number of hydrogen-bond donors (Lipinski definition) is 0. The number of carbonyl (C=O) groups is 2. The average molecular weight is 549 g/mol. The van der Waals surface area contributed by atoms with Crippen molar-refractivity contribution in [3.05, 3.63) is 116 Å². The monoisotopic (exact) mass is 548 g/mol. The highest BCUT2D eigenvalue weighted by molar-refractivity contribution is 7.15. The third kappa shape index (κ3) is 3.27. The van der Waals surface area contributed by atoms with Gasteiger partial charge in [-0.15, -0.1) is 10.2 Å². The van der Waals surface area contributed by atoms with E-state index in [0.29, 0.717) is 23.1 Å². The van der Waals surface area contributed by atoms with E-state index in [2.05, 4.69) is 10.2 Å². The summed E-state index contributed by atoms with van der Waals surface area (Å²) in [6.45, 7) is 4.30. The van der Waals surface area contributed by atoms with Crippen LogP contribution in [0.3, 0.4) is 0 Å². The Morgan fingerprint density at radius 1 is 0.950 bits per heavy atom. The maximum absolute atomic E-state index is 14.9. The average Bonchev–Trinajstić information content (AvgIpc) is 3.59. The van der Waals surface area contributed by atoms with Crippen molar-refractivity contribution in [3.8, 4) is 0 Å². The molecule has 0 bridgehead atoms. The Balaban J connectivity index is 1.53. The van der Waals surface area contributed by atoms with Crippen molar-refractivity contribution in [2.75, 3.05) is 9.80 Å². The molecule has 40 heavy (non-hydrogen) atoms. The van der Waals surface area contributed by atoms with Crippen LogP contribution in [0, 0.1) is 6.92 Å². The zero-order valence-corrected chi connectivity index (χ0v) is 22.7. The van der Waals surface area contributed by atoms with Crippen LogP contribution in [0.15, 0.2) is 82.0 Å². The van der Waals surface area contributed by atoms with Gasteiger partial charge in [-0.3, -0.25) is 19.3 Å². The van der Waals surface area contributed by atoms with E-state index in [9.17, 15) is 14.4 Å². The Hall–Kier alpha value is -4.63. The zero-order valence-electron chi connectivity index (χ0n) is 21.9. The van der Waals surface area contributed by atoms with Crippen molar-refractivity contribution < 1.29 is 14.0 Å². The Kier molecular flexibility index (Phi) is 5.47. The van der Waals surface area contributed by atoms with Crippen LogP contribution in [-0.4, -0.2) is 22.0 Å². The molecule has 8 nitrogen and oxygen atoms in total. The second-order valence-corrected chi connectivity index (χ2v) is 11.1. The molecule has 5 aromatic rings. The topological polar surface area (TPSA) is 96.6 Å². The maximum atomic E-state index is 14.9. The van der Waals surface area contributed by atoms with E-state index < -0.39 is 22.8 Å². The summed E-state index contributed by atoms with van der Waals surface area (Å²) in [5.74, 6) is -1.13. The molecule has 0 saturated carbocycles. The van der Waals surface area contributed by atoms with Crippen molar-refractivity contribution >= 4 is 44.9 Å². The van der Waals surface area contributed by atoms with E-state index in [1.54, 1.807) is 29.2 Å². The van der Waals surface area contributed by atoms with E-state index in [1.165, 1.54) is 16.2 Å². The standard InChI is InChI=1S/C31H24N4O4S/c1-3-9-24-32-33-30(40-24)35-28(37)27-25(26(36)20-12-4-7-15-23(20)39-27)31(35)21-13-5-6-14-22(21)34(29(31)38)17-19-11-8-10-18(2)16-19/h4-8,10-16H,3,9,17H2,1-2H3. The third-order valence-corrected chi connectivity index (χ3v) is 8.53. The minimum atomic E-state index is -1.78. The van der Waals surface area contributed by atoms with Gasteiger partial charge in [0.1, 0.15) is 10.6 Å². The Labute approximate surface area is 233 Å². The first-order valence-corrected chi connectivity index (χ1v) is 14.0. The van der Waals surface area contributed by atoms with Crippen LogP contribution >= 0.6 is 11.3 Å². The molecule has 7 rings (SSSR count). The van der Waals surface area contributed by atoms with E-state index in [0.717, 1.165) is 22.6 Å². The molecular weight excluding hydrogens is 524 g/mol. The van der Waals surface area contributed by atoms with Crippen LogP contribution in [0.25, 0.3) is 11.0 Å². The van der Waals surface area contributed by atoms with E-state index in [4.69, 9.17) is 4.42 Å². The number of hydrogen-bond acceptors (Lipinski definition) is 7. The molecule has 0 N–H and O–H groups in total. The molecule has 2 aliphatic heterocycles. The fraction of sp³-hybridized carbons (Fsp3) is 0.194. The maximum Gasteiger partial charge on any atom is 0.297 e. The SMILES string of the molecule is CCCc1nnc(N2C(=O)c3oc4ccccc4c(=O)c3C23C(=O)N(Cc2cccc(C)c2)c2ccccc23)s1. The number of benzene rings is 3. The summed E-state index contributed by atoms with van der Waals surface area (Å²) >= 11 is 1.25. The molecule has 2 aliphatic rings. The van der Waals surface area contributed by atoms with E-state index in [-0.39, 0.29) is 28.6 Å². The van der Waals surface area contributed by atoms with Gasteiger partial charge in [0, 0.05) is 12.0 Å². The predicted molar refractivity (Wildman–Crippen MR) is 153 cm³/mol. The molecule has 1 atom stereocenters. The fourth-order valence-electron chi connectivity index (χ4n) is 5.91. The van der Waals surface area contributed by atoms with Crippen LogP contribution in [0.1, 0.15) is 51.2 Å². The largest absolute Gasteiger partial charge is 0.450 e.